The van der Waals surface area contributed by atoms with Crippen molar-refractivity contribution in [2.75, 3.05) is 13.4 Å². The summed E-state index contributed by atoms with van der Waals surface area (Å²) in [6.45, 7) is 1.89. The average Bonchev–Trinajstić information content (AvgIpc) is 2.32. The second kappa shape index (κ2) is 6.38. The molecule has 0 unspecified atom stereocenters. The van der Waals surface area contributed by atoms with Gasteiger partial charge in [-0.1, -0.05) is 23.4 Å². The predicted molar refractivity (Wildman–Crippen MR) is 72.1 cm³/mol. The molecule has 17 heavy (non-hydrogen) atoms. The summed E-state index contributed by atoms with van der Waals surface area (Å²) in [5.41, 5.74) is 1.51. The molecular weight excluding hydrogens is 258 g/mol. The van der Waals surface area contributed by atoms with Crippen LogP contribution in [0.2, 0.25) is 5.02 Å². The number of benzene rings is 1. The van der Waals surface area contributed by atoms with Gasteiger partial charge >= 0.3 is 0 Å². The predicted octanol–water partition coefficient (Wildman–Crippen LogP) is 3.08. The Morgan fingerprint density at radius 1 is 1.59 bits per heavy atom. The Morgan fingerprint density at radius 3 is 2.82 bits per heavy atom. The van der Waals surface area contributed by atoms with Crippen molar-refractivity contribution in [2.45, 2.75) is 6.92 Å². The molecule has 1 N–H and O–H groups in total. The van der Waals surface area contributed by atoms with Gasteiger partial charge in [-0.25, -0.2) is 4.99 Å². The summed E-state index contributed by atoms with van der Waals surface area (Å²) in [4.78, 5) is 4.28. The molecule has 0 amide bonds. The van der Waals surface area contributed by atoms with Crippen molar-refractivity contribution in [2.24, 2.45) is 4.99 Å². The van der Waals surface area contributed by atoms with Gasteiger partial charge in [-0.2, -0.15) is 5.26 Å². The van der Waals surface area contributed by atoms with E-state index in [1.165, 1.54) is 11.8 Å². The first-order valence-electron chi connectivity index (χ1n) is 4.74. The quantitative estimate of drug-likeness (QED) is 0.388. The Balaban J connectivity index is 3.21. The van der Waals surface area contributed by atoms with E-state index in [9.17, 15) is 0 Å². The number of aliphatic imine (C=N–C) groups is 1. The number of hydrogen-bond donors (Lipinski definition) is 1. The Morgan fingerprint density at radius 2 is 2.29 bits per heavy atom. The molecule has 4 nitrogen and oxygen atoms in total. The van der Waals surface area contributed by atoms with E-state index in [0.717, 1.165) is 5.56 Å². The van der Waals surface area contributed by atoms with Crippen LogP contribution in [-0.4, -0.2) is 18.5 Å². The molecule has 0 radical (unpaired) electrons. The third-order valence-electron chi connectivity index (χ3n) is 2.04. The fourth-order valence-corrected chi connectivity index (χ4v) is 1.67. The maximum Gasteiger partial charge on any atom is 0.183 e. The minimum atomic E-state index is 0.491. The van der Waals surface area contributed by atoms with E-state index >= 15 is 0 Å². The zero-order chi connectivity index (χ0) is 12.8. The molecular formula is C11H12ClN3OS. The van der Waals surface area contributed by atoms with Crippen LogP contribution in [0.1, 0.15) is 5.56 Å². The van der Waals surface area contributed by atoms with Crippen LogP contribution in [0.4, 0.5) is 5.69 Å². The largest absolute Gasteiger partial charge is 0.494 e. The first kappa shape index (κ1) is 13.7. The van der Waals surface area contributed by atoms with Crippen molar-refractivity contribution in [3.63, 3.8) is 0 Å². The van der Waals surface area contributed by atoms with Crippen molar-refractivity contribution in [3.05, 3.63) is 22.7 Å². The Kier molecular flexibility index (Phi) is 5.13. The molecule has 0 spiro atoms. The first-order valence-corrected chi connectivity index (χ1v) is 6.34. The number of halogens is 1. The van der Waals surface area contributed by atoms with Gasteiger partial charge < -0.3 is 4.74 Å². The summed E-state index contributed by atoms with van der Waals surface area (Å²) in [5, 5.41) is 12.1. The van der Waals surface area contributed by atoms with E-state index in [-0.39, 0.29) is 0 Å². The summed E-state index contributed by atoms with van der Waals surface area (Å²) in [7, 11) is 1.57. The van der Waals surface area contributed by atoms with Crippen LogP contribution < -0.4 is 10.1 Å². The number of hydrogen-bond acceptors (Lipinski definition) is 4. The lowest BCUT2D eigenvalue weighted by molar-refractivity contribution is 0.416. The zero-order valence-corrected chi connectivity index (χ0v) is 11.3. The minimum Gasteiger partial charge on any atom is -0.494 e. The van der Waals surface area contributed by atoms with Crippen molar-refractivity contribution in [3.8, 4) is 11.9 Å². The third-order valence-corrected chi connectivity index (χ3v) is 3.03. The lowest BCUT2D eigenvalue weighted by Gasteiger charge is -2.08. The number of nitrogens with one attached hydrogen (secondary N) is 1. The Bertz CT molecular complexity index is 482. The molecule has 0 saturated heterocycles. The summed E-state index contributed by atoms with van der Waals surface area (Å²) in [6.07, 6.45) is 3.65. The Labute approximate surface area is 110 Å². The van der Waals surface area contributed by atoms with E-state index in [1.807, 2.05) is 25.4 Å². The van der Waals surface area contributed by atoms with Gasteiger partial charge in [0.05, 0.1) is 7.11 Å². The minimum absolute atomic E-state index is 0.491. The van der Waals surface area contributed by atoms with E-state index in [1.54, 1.807) is 13.2 Å². The topological polar surface area (TPSA) is 57.4 Å². The molecule has 0 aliphatic heterocycles. The maximum atomic E-state index is 8.56. The van der Waals surface area contributed by atoms with Crippen molar-refractivity contribution in [1.29, 1.82) is 5.26 Å². The van der Waals surface area contributed by atoms with Gasteiger partial charge in [0.25, 0.3) is 0 Å². The van der Waals surface area contributed by atoms with Gasteiger partial charge in [0.15, 0.2) is 11.4 Å². The van der Waals surface area contributed by atoms with Crippen molar-refractivity contribution in [1.82, 2.24) is 5.32 Å². The normalized spacial score (nSPS) is 10.9. The molecule has 0 bridgehead atoms. The molecule has 1 rings (SSSR count). The van der Waals surface area contributed by atoms with Gasteiger partial charge in [0, 0.05) is 5.02 Å². The highest BCUT2D eigenvalue weighted by Gasteiger charge is 2.07. The number of thioether (sulfide) groups is 1. The molecule has 0 fully saturated rings. The average molecular weight is 270 g/mol. The molecule has 0 heterocycles. The lowest BCUT2D eigenvalue weighted by Crippen LogP contribution is -2.12. The summed E-state index contributed by atoms with van der Waals surface area (Å²) in [5.74, 6) is 0.623. The van der Waals surface area contributed by atoms with Crippen LogP contribution in [0.15, 0.2) is 17.1 Å². The zero-order valence-electron chi connectivity index (χ0n) is 9.74. The highest BCUT2D eigenvalue weighted by molar-refractivity contribution is 8.13. The SMILES string of the molecule is COc1cc(C)c(Cl)cc1N=C(NC#N)SC. The fraction of sp³-hybridized carbons (Fsp3) is 0.273. The van der Waals surface area contributed by atoms with Crippen molar-refractivity contribution >= 4 is 34.2 Å². The van der Waals surface area contributed by atoms with Gasteiger partial charge in [0.1, 0.15) is 11.4 Å². The summed E-state index contributed by atoms with van der Waals surface area (Å²) in [6, 6.07) is 3.52. The molecule has 0 aromatic heterocycles. The van der Waals surface area contributed by atoms with Crippen molar-refractivity contribution < 1.29 is 4.74 Å². The van der Waals surface area contributed by atoms with Gasteiger partial charge in [-0.3, -0.25) is 5.32 Å². The fourth-order valence-electron chi connectivity index (χ4n) is 1.18. The van der Waals surface area contributed by atoms with Crippen LogP contribution >= 0.6 is 23.4 Å². The smallest absolute Gasteiger partial charge is 0.183 e. The van der Waals surface area contributed by atoms with Crippen LogP contribution in [0.25, 0.3) is 0 Å². The molecule has 0 saturated carbocycles. The second-order valence-electron chi connectivity index (χ2n) is 3.13. The number of aryl methyl sites for hydroxylation is 1. The first-order chi connectivity index (χ1) is 8.12. The third kappa shape index (κ3) is 3.55. The standard InChI is InChI=1S/C11H12ClN3OS/c1-7-4-10(16-2)9(5-8(7)12)15-11(17-3)14-6-13/h4-5H,1-3H3,(H,14,15). The van der Waals surface area contributed by atoms with E-state index < -0.39 is 0 Å². The molecule has 1 aromatic carbocycles. The van der Waals surface area contributed by atoms with E-state index in [2.05, 4.69) is 10.3 Å². The molecule has 0 atom stereocenters. The van der Waals surface area contributed by atoms with Gasteiger partial charge in [-0.15, -0.1) is 0 Å². The summed E-state index contributed by atoms with van der Waals surface area (Å²) < 4.78 is 5.22. The van der Waals surface area contributed by atoms with Gasteiger partial charge in [0.2, 0.25) is 0 Å². The number of nitrogens with zero attached hydrogens (tertiary/aromatic N) is 2. The number of ether oxygens (including phenoxy) is 1. The monoisotopic (exact) mass is 269 g/mol. The maximum absolute atomic E-state index is 8.56. The highest BCUT2D eigenvalue weighted by atomic mass is 35.5. The molecule has 90 valence electrons. The van der Waals surface area contributed by atoms with E-state index in [0.29, 0.717) is 21.6 Å². The molecule has 0 aliphatic carbocycles. The number of amidine groups is 1. The van der Waals surface area contributed by atoms with Crippen LogP contribution in [0.5, 0.6) is 5.75 Å². The lowest BCUT2D eigenvalue weighted by atomic mass is 10.2. The van der Waals surface area contributed by atoms with Gasteiger partial charge in [-0.05, 0) is 30.9 Å². The highest BCUT2D eigenvalue weighted by Crippen LogP contribution is 2.33. The van der Waals surface area contributed by atoms with Crippen LogP contribution in [0.3, 0.4) is 0 Å². The summed E-state index contributed by atoms with van der Waals surface area (Å²) >= 11 is 7.37. The number of rotatable bonds is 2. The second-order valence-corrected chi connectivity index (χ2v) is 4.33. The molecule has 0 aliphatic rings. The number of nitriles is 1. The Hall–Kier alpha value is -1.38. The van der Waals surface area contributed by atoms with E-state index in [4.69, 9.17) is 21.6 Å². The molecule has 1 aromatic rings. The number of methoxy groups -OCH3 is 1. The molecule has 6 heteroatoms. The van der Waals surface area contributed by atoms with Crippen LogP contribution in [0, 0.1) is 18.4 Å². The van der Waals surface area contributed by atoms with Crippen LogP contribution in [-0.2, 0) is 0 Å².